The SMILES string of the molecule is COC(=O)NCC(=O)NC12CC3CC(CC(C3)C1)C2. The van der Waals surface area contributed by atoms with Crippen LogP contribution in [0.4, 0.5) is 4.79 Å². The van der Waals surface area contributed by atoms with Crippen molar-refractivity contribution in [2.24, 2.45) is 17.8 Å². The van der Waals surface area contributed by atoms with E-state index in [2.05, 4.69) is 15.4 Å². The van der Waals surface area contributed by atoms with E-state index in [4.69, 9.17) is 0 Å². The fourth-order valence-electron chi connectivity index (χ4n) is 4.83. The Morgan fingerprint density at radius 3 is 2.11 bits per heavy atom. The van der Waals surface area contributed by atoms with Gasteiger partial charge in [0.1, 0.15) is 6.54 Å². The van der Waals surface area contributed by atoms with Gasteiger partial charge >= 0.3 is 6.09 Å². The molecule has 0 aromatic rings. The molecule has 0 aromatic carbocycles. The van der Waals surface area contributed by atoms with E-state index >= 15 is 0 Å². The molecule has 0 aromatic heterocycles. The monoisotopic (exact) mass is 266 g/mol. The second-order valence-corrected chi connectivity index (χ2v) is 6.59. The molecule has 4 rings (SSSR count). The molecular weight excluding hydrogens is 244 g/mol. The molecule has 4 bridgehead atoms. The third kappa shape index (κ3) is 2.55. The van der Waals surface area contributed by atoms with Crippen molar-refractivity contribution in [2.75, 3.05) is 13.7 Å². The first kappa shape index (κ1) is 12.8. The van der Waals surface area contributed by atoms with Gasteiger partial charge in [0, 0.05) is 5.54 Å². The normalized spacial score (nSPS) is 38.9. The zero-order chi connectivity index (χ0) is 13.5. The van der Waals surface area contributed by atoms with Gasteiger partial charge < -0.3 is 15.4 Å². The van der Waals surface area contributed by atoms with E-state index in [-0.39, 0.29) is 18.0 Å². The molecule has 0 spiro atoms. The fraction of sp³-hybridized carbons (Fsp3) is 0.857. The van der Waals surface area contributed by atoms with Crippen LogP contribution in [-0.2, 0) is 9.53 Å². The topological polar surface area (TPSA) is 67.4 Å². The Morgan fingerprint density at radius 2 is 1.63 bits per heavy atom. The molecule has 0 unspecified atom stereocenters. The summed E-state index contributed by atoms with van der Waals surface area (Å²) in [4.78, 5) is 22.9. The van der Waals surface area contributed by atoms with Crippen LogP contribution in [-0.4, -0.2) is 31.2 Å². The molecular formula is C14H22N2O3. The lowest BCUT2D eigenvalue weighted by Crippen LogP contribution is -2.61. The summed E-state index contributed by atoms with van der Waals surface area (Å²) in [5, 5.41) is 5.64. The Hall–Kier alpha value is -1.26. The number of carbonyl (C=O) groups is 2. The van der Waals surface area contributed by atoms with Gasteiger partial charge in [0.05, 0.1) is 7.11 Å². The number of nitrogens with one attached hydrogen (secondary N) is 2. The second kappa shape index (κ2) is 4.69. The predicted octanol–water partition coefficient (Wildman–Crippen LogP) is 1.43. The van der Waals surface area contributed by atoms with E-state index < -0.39 is 6.09 Å². The highest BCUT2D eigenvalue weighted by molar-refractivity contribution is 5.82. The minimum Gasteiger partial charge on any atom is -0.453 e. The van der Waals surface area contributed by atoms with Crippen molar-refractivity contribution in [1.82, 2.24) is 10.6 Å². The Morgan fingerprint density at radius 1 is 1.11 bits per heavy atom. The first-order valence-electron chi connectivity index (χ1n) is 7.21. The largest absolute Gasteiger partial charge is 0.453 e. The number of alkyl carbamates (subject to hydrolysis) is 1. The maximum atomic E-state index is 12.0. The smallest absolute Gasteiger partial charge is 0.407 e. The van der Waals surface area contributed by atoms with Gasteiger partial charge in [0.15, 0.2) is 0 Å². The van der Waals surface area contributed by atoms with Gasteiger partial charge in [0.2, 0.25) is 5.91 Å². The van der Waals surface area contributed by atoms with Crippen LogP contribution in [0.5, 0.6) is 0 Å². The molecule has 5 heteroatoms. The minimum absolute atomic E-state index is 0.00836. The minimum atomic E-state index is -0.555. The van der Waals surface area contributed by atoms with Crippen molar-refractivity contribution in [3.8, 4) is 0 Å². The molecule has 0 heterocycles. The van der Waals surface area contributed by atoms with Crippen molar-refractivity contribution < 1.29 is 14.3 Å². The van der Waals surface area contributed by atoms with E-state index in [1.807, 2.05) is 0 Å². The first-order chi connectivity index (χ1) is 9.08. The lowest BCUT2D eigenvalue weighted by atomic mass is 9.53. The highest BCUT2D eigenvalue weighted by atomic mass is 16.5. The second-order valence-electron chi connectivity index (χ2n) is 6.59. The number of hydrogen-bond donors (Lipinski definition) is 2. The van der Waals surface area contributed by atoms with Crippen LogP contribution in [0.15, 0.2) is 0 Å². The van der Waals surface area contributed by atoms with Crippen LogP contribution in [0.25, 0.3) is 0 Å². The number of ether oxygens (including phenoxy) is 1. The van der Waals surface area contributed by atoms with Crippen molar-refractivity contribution in [3.05, 3.63) is 0 Å². The van der Waals surface area contributed by atoms with Crippen LogP contribution in [0.2, 0.25) is 0 Å². The summed E-state index contributed by atoms with van der Waals surface area (Å²) < 4.78 is 4.46. The Bertz CT molecular complexity index is 359. The van der Waals surface area contributed by atoms with Crippen LogP contribution >= 0.6 is 0 Å². The maximum absolute atomic E-state index is 12.0. The molecule has 0 saturated heterocycles. The van der Waals surface area contributed by atoms with E-state index in [1.165, 1.54) is 26.4 Å². The average molecular weight is 266 g/mol. The third-order valence-corrected chi connectivity index (χ3v) is 5.02. The summed E-state index contributed by atoms with van der Waals surface area (Å²) in [6.45, 7) is 0.00836. The summed E-state index contributed by atoms with van der Waals surface area (Å²) in [5.74, 6) is 2.33. The van der Waals surface area contributed by atoms with Crippen molar-refractivity contribution >= 4 is 12.0 Å². The molecule has 5 nitrogen and oxygen atoms in total. The molecule has 106 valence electrons. The Balaban J connectivity index is 1.57. The molecule has 4 fully saturated rings. The molecule has 4 aliphatic rings. The summed E-state index contributed by atoms with van der Waals surface area (Å²) in [6.07, 6.45) is 6.90. The number of amides is 2. The summed E-state index contributed by atoms with van der Waals surface area (Å²) in [7, 11) is 1.30. The molecule has 19 heavy (non-hydrogen) atoms. The standard InChI is InChI=1S/C14H22N2O3/c1-19-13(18)15-8-12(17)16-14-5-9-2-10(6-14)4-11(3-9)7-14/h9-11H,2-8H2,1H3,(H,15,18)(H,16,17). The highest BCUT2D eigenvalue weighted by Crippen LogP contribution is 2.55. The van der Waals surface area contributed by atoms with Crippen LogP contribution in [0.3, 0.4) is 0 Å². The molecule has 2 N–H and O–H groups in total. The van der Waals surface area contributed by atoms with E-state index in [1.54, 1.807) is 0 Å². The van der Waals surface area contributed by atoms with Crippen molar-refractivity contribution in [3.63, 3.8) is 0 Å². The van der Waals surface area contributed by atoms with Gasteiger partial charge in [-0.15, -0.1) is 0 Å². The maximum Gasteiger partial charge on any atom is 0.407 e. The van der Waals surface area contributed by atoms with E-state index in [0.29, 0.717) is 0 Å². The van der Waals surface area contributed by atoms with Gasteiger partial charge in [-0.05, 0) is 56.3 Å². The third-order valence-electron chi connectivity index (χ3n) is 5.02. The molecule has 0 radical (unpaired) electrons. The van der Waals surface area contributed by atoms with Gasteiger partial charge in [-0.2, -0.15) is 0 Å². The summed E-state index contributed by atoms with van der Waals surface area (Å²) >= 11 is 0. The van der Waals surface area contributed by atoms with Crippen LogP contribution in [0.1, 0.15) is 38.5 Å². The predicted molar refractivity (Wildman–Crippen MR) is 69.5 cm³/mol. The fourth-order valence-corrected chi connectivity index (χ4v) is 4.83. The quantitative estimate of drug-likeness (QED) is 0.812. The van der Waals surface area contributed by atoms with Gasteiger partial charge in [0.25, 0.3) is 0 Å². The number of carbonyl (C=O) groups excluding carboxylic acids is 2. The summed E-state index contributed by atoms with van der Waals surface area (Å²) in [6, 6.07) is 0. The Kier molecular flexibility index (Phi) is 3.15. The van der Waals surface area contributed by atoms with Crippen LogP contribution < -0.4 is 10.6 Å². The summed E-state index contributed by atoms with van der Waals surface area (Å²) in [5.41, 5.74) is 0.0175. The number of hydrogen-bond acceptors (Lipinski definition) is 3. The number of rotatable bonds is 3. The van der Waals surface area contributed by atoms with Gasteiger partial charge in [-0.25, -0.2) is 4.79 Å². The van der Waals surface area contributed by atoms with Gasteiger partial charge in [-0.1, -0.05) is 0 Å². The van der Waals surface area contributed by atoms with Crippen molar-refractivity contribution in [2.45, 2.75) is 44.1 Å². The highest BCUT2D eigenvalue weighted by Gasteiger charge is 2.51. The molecule has 2 amide bonds. The van der Waals surface area contributed by atoms with E-state index in [9.17, 15) is 9.59 Å². The molecule has 0 aliphatic heterocycles. The molecule has 0 atom stereocenters. The molecule has 4 aliphatic carbocycles. The van der Waals surface area contributed by atoms with Crippen LogP contribution in [0, 0.1) is 17.8 Å². The number of methoxy groups -OCH3 is 1. The zero-order valence-electron chi connectivity index (χ0n) is 11.4. The lowest BCUT2D eigenvalue weighted by Gasteiger charge is -2.56. The first-order valence-corrected chi connectivity index (χ1v) is 7.21. The molecule has 4 saturated carbocycles. The van der Waals surface area contributed by atoms with Crippen molar-refractivity contribution in [1.29, 1.82) is 0 Å². The average Bonchev–Trinajstić information content (AvgIpc) is 2.33. The lowest BCUT2D eigenvalue weighted by molar-refractivity contribution is -0.125. The zero-order valence-corrected chi connectivity index (χ0v) is 11.4. The Labute approximate surface area is 113 Å². The van der Waals surface area contributed by atoms with Gasteiger partial charge in [-0.3, -0.25) is 4.79 Å². The van der Waals surface area contributed by atoms with E-state index in [0.717, 1.165) is 37.0 Å².